The van der Waals surface area contributed by atoms with Gasteiger partial charge in [0.25, 0.3) is 0 Å². The van der Waals surface area contributed by atoms with Gasteiger partial charge in [0.2, 0.25) is 10.0 Å². The SMILES string of the molecule is O=S(=O)(NC1C2CCC1Cc1cc(NCc3ccc(OC(F)(F)F)cc3)ccc1C2)c1ccccc1. The molecule has 2 bridgehead atoms. The molecule has 0 aliphatic heterocycles. The Balaban J connectivity index is 1.25. The first-order valence-electron chi connectivity index (χ1n) is 11.9. The Morgan fingerprint density at radius 2 is 1.53 bits per heavy atom. The molecule has 5 rings (SSSR count). The molecule has 3 atom stereocenters. The molecule has 2 N–H and O–H groups in total. The van der Waals surface area contributed by atoms with Gasteiger partial charge in [0.15, 0.2) is 0 Å². The summed E-state index contributed by atoms with van der Waals surface area (Å²) in [5.41, 5.74) is 4.20. The van der Waals surface area contributed by atoms with E-state index >= 15 is 0 Å². The van der Waals surface area contributed by atoms with Gasteiger partial charge < -0.3 is 10.1 Å². The number of nitrogens with one attached hydrogen (secondary N) is 2. The van der Waals surface area contributed by atoms with Crippen LogP contribution in [-0.2, 0) is 29.4 Å². The van der Waals surface area contributed by atoms with Gasteiger partial charge in [-0.15, -0.1) is 13.2 Å². The van der Waals surface area contributed by atoms with Crippen molar-refractivity contribution in [3.63, 3.8) is 0 Å². The molecular formula is C27H27F3N2O3S. The van der Waals surface area contributed by atoms with E-state index in [1.165, 1.54) is 23.3 Å². The lowest BCUT2D eigenvalue weighted by molar-refractivity contribution is -0.274. The molecule has 0 heterocycles. The van der Waals surface area contributed by atoms with Crippen molar-refractivity contribution >= 4 is 15.7 Å². The van der Waals surface area contributed by atoms with Crippen LogP contribution in [0.4, 0.5) is 18.9 Å². The van der Waals surface area contributed by atoms with Crippen LogP contribution >= 0.6 is 0 Å². The minimum Gasteiger partial charge on any atom is -0.406 e. The molecule has 36 heavy (non-hydrogen) atoms. The largest absolute Gasteiger partial charge is 0.573 e. The first-order valence-corrected chi connectivity index (χ1v) is 13.4. The Morgan fingerprint density at radius 3 is 2.19 bits per heavy atom. The van der Waals surface area contributed by atoms with Gasteiger partial charge in [-0.05, 0) is 90.6 Å². The van der Waals surface area contributed by atoms with E-state index in [0.717, 1.165) is 36.9 Å². The van der Waals surface area contributed by atoms with Crippen molar-refractivity contribution in [1.29, 1.82) is 0 Å². The van der Waals surface area contributed by atoms with Crippen molar-refractivity contribution in [3.8, 4) is 5.75 Å². The molecule has 0 radical (unpaired) electrons. The monoisotopic (exact) mass is 516 g/mol. The molecule has 9 heteroatoms. The third kappa shape index (κ3) is 5.68. The van der Waals surface area contributed by atoms with E-state index in [2.05, 4.69) is 26.9 Å². The molecule has 3 aromatic rings. The summed E-state index contributed by atoms with van der Waals surface area (Å²) in [5.74, 6) is 0.237. The quantitative estimate of drug-likeness (QED) is 0.425. The summed E-state index contributed by atoms with van der Waals surface area (Å²) >= 11 is 0. The van der Waals surface area contributed by atoms with Crippen molar-refractivity contribution in [2.24, 2.45) is 11.8 Å². The zero-order chi connectivity index (χ0) is 25.3. The average molecular weight is 517 g/mol. The van der Waals surface area contributed by atoms with E-state index in [1.807, 2.05) is 6.07 Å². The Bertz CT molecular complexity index is 1310. The van der Waals surface area contributed by atoms with Crippen molar-refractivity contribution in [2.45, 2.75) is 49.5 Å². The second kappa shape index (κ2) is 9.78. The van der Waals surface area contributed by atoms with Crippen LogP contribution in [0.1, 0.15) is 29.5 Å². The predicted molar refractivity (Wildman–Crippen MR) is 131 cm³/mol. The van der Waals surface area contributed by atoms with Crippen LogP contribution in [0, 0.1) is 11.8 Å². The maximum atomic E-state index is 13.0. The number of fused-ring (bicyclic) bond motifs is 3. The van der Waals surface area contributed by atoms with Crippen molar-refractivity contribution in [1.82, 2.24) is 4.72 Å². The van der Waals surface area contributed by atoms with Crippen LogP contribution in [0.25, 0.3) is 0 Å². The molecule has 0 saturated heterocycles. The first-order chi connectivity index (χ1) is 17.2. The minimum absolute atomic E-state index is 0.101. The molecule has 190 valence electrons. The Hall–Kier alpha value is -3.04. The van der Waals surface area contributed by atoms with Gasteiger partial charge in [0.05, 0.1) is 4.90 Å². The van der Waals surface area contributed by atoms with E-state index < -0.39 is 16.4 Å². The molecule has 0 aromatic heterocycles. The summed E-state index contributed by atoms with van der Waals surface area (Å²) in [6.07, 6.45) is -1.10. The van der Waals surface area contributed by atoms with Gasteiger partial charge in [-0.25, -0.2) is 13.1 Å². The number of ether oxygens (including phenoxy) is 1. The summed E-state index contributed by atoms with van der Waals surface area (Å²) in [6, 6.07) is 20.4. The Morgan fingerprint density at radius 1 is 0.861 bits per heavy atom. The fraction of sp³-hybridized carbons (Fsp3) is 0.333. The molecule has 2 aliphatic carbocycles. The summed E-state index contributed by atoms with van der Waals surface area (Å²) < 4.78 is 69.9. The zero-order valence-corrected chi connectivity index (χ0v) is 20.3. The standard InChI is InChI=1S/C27H27F3N2O3S/c28-27(29,30)35-24-12-6-18(7-13-24)17-31-23-11-10-19-14-20-8-9-21(15-22(19)16-23)26(20)32-36(33,34)25-4-2-1-3-5-25/h1-7,10-13,16,20-21,26,31-32H,8-9,14-15,17H2. The lowest BCUT2D eigenvalue weighted by Gasteiger charge is -2.23. The Kier molecular flexibility index (Phi) is 6.70. The molecule has 3 unspecified atom stereocenters. The van der Waals surface area contributed by atoms with E-state index in [1.54, 1.807) is 42.5 Å². The molecular weight excluding hydrogens is 489 g/mol. The van der Waals surface area contributed by atoms with Crippen LogP contribution < -0.4 is 14.8 Å². The van der Waals surface area contributed by atoms with Gasteiger partial charge in [0.1, 0.15) is 5.75 Å². The molecule has 3 aromatic carbocycles. The van der Waals surface area contributed by atoms with Crippen molar-refractivity contribution in [2.75, 3.05) is 5.32 Å². The summed E-state index contributed by atoms with van der Waals surface area (Å²) in [6.45, 7) is 0.455. The van der Waals surface area contributed by atoms with Crippen molar-refractivity contribution < 1.29 is 26.3 Å². The normalized spacial score (nSPS) is 21.5. The second-order valence-corrected chi connectivity index (χ2v) is 11.2. The fourth-order valence-electron chi connectivity index (χ4n) is 5.37. The van der Waals surface area contributed by atoms with Crippen LogP contribution in [-0.4, -0.2) is 20.8 Å². The van der Waals surface area contributed by atoms with Crippen LogP contribution in [0.2, 0.25) is 0 Å². The number of benzene rings is 3. The smallest absolute Gasteiger partial charge is 0.406 e. The summed E-state index contributed by atoms with van der Waals surface area (Å²) in [7, 11) is -3.58. The highest BCUT2D eigenvalue weighted by atomic mass is 32.2. The number of halogens is 3. The van der Waals surface area contributed by atoms with Crippen molar-refractivity contribution in [3.05, 3.63) is 89.5 Å². The minimum atomic E-state index is -4.71. The molecule has 1 saturated carbocycles. The van der Waals surface area contributed by atoms with E-state index in [0.29, 0.717) is 6.54 Å². The molecule has 5 nitrogen and oxygen atoms in total. The number of hydrogen-bond donors (Lipinski definition) is 2. The number of sulfonamides is 1. The van der Waals surface area contributed by atoms with E-state index in [9.17, 15) is 21.6 Å². The highest BCUT2D eigenvalue weighted by Crippen LogP contribution is 2.41. The van der Waals surface area contributed by atoms with E-state index in [4.69, 9.17) is 0 Å². The maximum absolute atomic E-state index is 13.0. The van der Waals surface area contributed by atoms with Crippen LogP contribution in [0.5, 0.6) is 5.75 Å². The number of alkyl halides is 3. The lowest BCUT2D eigenvalue weighted by Crippen LogP contribution is -2.41. The molecule has 0 amide bonds. The zero-order valence-electron chi connectivity index (χ0n) is 19.5. The maximum Gasteiger partial charge on any atom is 0.573 e. The Labute approximate surface area is 208 Å². The lowest BCUT2D eigenvalue weighted by atomic mass is 9.93. The highest BCUT2D eigenvalue weighted by molar-refractivity contribution is 7.89. The van der Waals surface area contributed by atoms with Gasteiger partial charge in [0, 0.05) is 18.3 Å². The number of anilines is 1. The van der Waals surface area contributed by atoms with Gasteiger partial charge in [-0.1, -0.05) is 36.4 Å². The van der Waals surface area contributed by atoms with Gasteiger partial charge >= 0.3 is 6.36 Å². The first kappa shape index (κ1) is 24.6. The van der Waals surface area contributed by atoms with Gasteiger partial charge in [-0.3, -0.25) is 0 Å². The van der Waals surface area contributed by atoms with Crippen LogP contribution in [0.15, 0.2) is 77.7 Å². The number of rotatable bonds is 7. The molecule has 0 spiro atoms. The number of hydrogen-bond acceptors (Lipinski definition) is 4. The molecule has 2 aliphatic rings. The topological polar surface area (TPSA) is 67.4 Å². The third-order valence-corrected chi connectivity index (χ3v) is 8.57. The summed E-state index contributed by atoms with van der Waals surface area (Å²) in [4.78, 5) is 0.288. The van der Waals surface area contributed by atoms with Crippen LogP contribution in [0.3, 0.4) is 0 Å². The van der Waals surface area contributed by atoms with E-state index in [-0.39, 0.29) is 28.5 Å². The average Bonchev–Trinajstić information content (AvgIpc) is 3.11. The summed E-state index contributed by atoms with van der Waals surface area (Å²) in [5, 5.41) is 3.34. The fourth-order valence-corrected chi connectivity index (χ4v) is 6.77. The van der Waals surface area contributed by atoms with Gasteiger partial charge in [-0.2, -0.15) is 0 Å². The second-order valence-electron chi connectivity index (χ2n) is 9.49. The highest BCUT2D eigenvalue weighted by Gasteiger charge is 2.41. The third-order valence-electron chi connectivity index (χ3n) is 7.09. The predicted octanol–water partition coefficient (Wildman–Crippen LogP) is 5.67. The molecule has 1 fully saturated rings.